The van der Waals surface area contributed by atoms with Crippen LogP contribution in [0.3, 0.4) is 0 Å². The Hall–Kier alpha value is -1.68. The van der Waals surface area contributed by atoms with Crippen LogP contribution in [0.1, 0.15) is 5.56 Å². The summed E-state index contributed by atoms with van der Waals surface area (Å²) in [4.78, 5) is 11.3. The molecule has 1 aromatic heterocycles. The lowest BCUT2D eigenvalue weighted by Gasteiger charge is -2.02. The molecule has 1 aromatic carbocycles. The molecule has 0 aliphatic carbocycles. The Morgan fingerprint density at radius 1 is 1.40 bits per heavy atom. The number of nitrogen functional groups attached to an aromatic ring is 1. The van der Waals surface area contributed by atoms with Gasteiger partial charge in [-0.05, 0) is 17.7 Å². The SMILES string of the molecule is Nc1cc(=O)n(Cc2cccc(Cl)c2)[nH]1. The standard InChI is InChI=1S/C10H10ClN3O/c11-8-3-1-2-7(4-8)6-14-10(15)5-9(12)13-14/h1-5,13H,6,12H2. The monoisotopic (exact) mass is 223 g/mol. The van der Waals surface area contributed by atoms with Crippen LogP contribution in [0.4, 0.5) is 5.82 Å². The van der Waals surface area contributed by atoms with Gasteiger partial charge in [0.25, 0.3) is 5.56 Å². The Morgan fingerprint density at radius 3 is 2.80 bits per heavy atom. The van der Waals surface area contributed by atoms with E-state index < -0.39 is 0 Å². The van der Waals surface area contributed by atoms with Gasteiger partial charge in [0, 0.05) is 11.1 Å². The second-order valence-electron chi connectivity index (χ2n) is 3.27. The lowest BCUT2D eigenvalue weighted by atomic mass is 10.2. The van der Waals surface area contributed by atoms with Gasteiger partial charge < -0.3 is 5.73 Å². The van der Waals surface area contributed by atoms with E-state index in [4.69, 9.17) is 17.3 Å². The molecule has 0 saturated carbocycles. The zero-order valence-corrected chi connectivity index (χ0v) is 8.66. The number of aromatic nitrogens is 2. The maximum Gasteiger partial charge on any atom is 0.268 e. The first-order chi connectivity index (χ1) is 7.15. The molecule has 5 heteroatoms. The summed E-state index contributed by atoms with van der Waals surface area (Å²) < 4.78 is 1.43. The predicted molar refractivity (Wildman–Crippen MR) is 60.0 cm³/mol. The number of nitrogens with zero attached hydrogens (tertiary/aromatic N) is 1. The Kier molecular flexibility index (Phi) is 2.51. The maximum atomic E-state index is 11.3. The van der Waals surface area contributed by atoms with Crippen LogP contribution < -0.4 is 11.3 Å². The molecule has 0 unspecified atom stereocenters. The molecule has 1 heterocycles. The fourth-order valence-electron chi connectivity index (χ4n) is 1.39. The number of nitrogens with one attached hydrogen (secondary N) is 1. The van der Waals surface area contributed by atoms with Gasteiger partial charge in [0.1, 0.15) is 5.82 Å². The largest absolute Gasteiger partial charge is 0.384 e. The number of benzene rings is 1. The zero-order chi connectivity index (χ0) is 10.8. The van der Waals surface area contributed by atoms with E-state index in [1.807, 2.05) is 18.2 Å². The van der Waals surface area contributed by atoms with E-state index in [2.05, 4.69) is 5.10 Å². The molecule has 78 valence electrons. The van der Waals surface area contributed by atoms with E-state index >= 15 is 0 Å². The van der Waals surface area contributed by atoms with E-state index in [1.165, 1.54) is 10.7 Å². The van der Waals surface area contributed by atoms with Gasteiger partial charge in [-0.15, -0.1) is 0 Å². The molecule has 2 aromatic rings. The number of nitrogens with two attached hydrogens (primary N) is 1. The summed E-state index contributed by atoms with van der Waals surface area (Å²) in [6.07, 6.45) is 0. The summed E-state index contributed by atoms with van der Waals surface area (Å²) in [7, 11) is 0. The summed E-state index contributed by atoms with van der Waals surface area (Å²) in [6.45, 7) is 0.441. The molecule has 0 aliphatic heterocycles. The number of rotatable bonds is 2. The van der Waals surface area contributed by atoms with Crippen LogP contribution in [0.2, 0.25) is 5.02 Å². The molecule has 0 bridgehead atoms. The Labute approximate surface area is 91.3 Å². The number of anilines is 1. The molecule has 3 N–H and O–H groups in total. The smallest absolute Gasteiger partial charge is 0.268 e. The van der Waals surface area contributed by atoms with Gasteiger partial charge in [0.15, 0.2) is 0 Å². The molecule has 0 amide bonds. The van der Waals surface area contributed by atoms with Crippen molar-refractivity contribution >= 4 is 17.4 Å². The minimum absolute atomic E-state index is 0.146. The fraction of sp³-hybridized carbons (Fsp3) is 0.100. The molecule has 0 atom stereocenters. The van der Waals surface area contributed by atoms with Crippen LogP contribution in [0.5, 0.6) is 0 Å². The molecule has 15 heavy (non-hydrogen) atoms. The lowest BCUT2D eigenvalue weighted by molar-refractivity contribution is 0.667. The van der Waals surface area contributed by atoms with Crippen LogP contribution in [0.25, 0.3) is 0 Å². The number of hydrogen-bond acceptors (Lipinski definition) is 2. The minimum Gasteiger partial charge on any atom is -0.384 e. The minimum atomic E-state index is -0.146. The van der Waals surface area contributed by atoms with Gasteiger partial charge >= 0.3 is 0 Å². The Balaban J connectivity index is 2.29. The van der Waals surface area contributed by atoms with Crippen molar-refractivity contribution in [2.45, 2.75) is 6.54 Å². The van der Waals surface area contributed by atoms with Crippen molar-refractivity contribution in [1.82, 2.24) is 9.78 Å². The van der Waals surface area contributed by atoms with Crippen molar-refractivity contribution in [3.8, 4) is 0 Å². The molecule has 0 fully saturated rings. The highest BCUT2D eigenvalue weighted by molar-refractivity contribution is 6.30. The molecule has 4 nitrogen and oxygen atoms in total. The van der Waals surface area contributed by atoms with Crippen LogP contribution in [0.15, 0.2) is 35.1 Å². The fourth-order valence-corrected chi connectivity index (χ4v) is 1.60. The quantitative estimate of drug-likeness (QED) is 0.810. The molecular formula is C10H10ClN3O. The molecule has 0 spiro atoms. The van der Waals surface area contributed by atoms with Crippen molar-refractivity contribution in [3.63, 3.8) is 0 Å². The third-order valence-electron chi connectivity index (χ3n) is 2.04. The second kappa shape index (κ2) is 3.82. The molecular weight excluding hydrogens is 214 g/mol. The van der Waals surface area contributed by atoms with E-state index in [9.17, 15) is 4.79 Å². The average Bonchev–Trinajstić information content (AvgIpc) is 2.45. The molecule has 0 aliphatic rings. The summed E-state index contributed by atoms with van der Waals surface area (Å²) in [5, 5.41) is 3.40. The van der Waals surface area contributed by atoms with E-state index in [-0.39, 0.29) is 5.56 Å². The summed E-state index contributed by atoms with van der Waals surface area (Å²) in [5.41, 5.74) is 6.27. The van der Waals surface area contributed by atoms with E-state index in [0.717, 1.165) is 5.56 Å². The summed E-state index contributed by atoms with van der Waals surface area (Å²) in [6, 6.07) is 8.69. The normalized spacial score (nSPS) is 10.5. The third kappa shape index (κ3) is 2.22. The van der Waals surface area contributed by atoms with Crippen LogP contribution in [0, 0.1) is 0 Å². The van der Waals surface area contributed by atoms with Crippen molar-refractivity contribution < 1.29 is 0 Å². The van der Waals surface area contributed by atoms with Crippen molar-refractivity contribution in [2.24, 2.45) is 0 Å². The zero-order valence-electron chi connectivity index (χ0n) is 7.90. The first-order valence-electron chi connectivity index (χ1n) is 4.45. The molecule has 0 radical (unpaired) electrons. The van der Waals surface area contributed by atoms with Gasteiger partial charge in [-0.2, -0.15) is 0 Å². The van der Waals surface area contributed by atoms with Crippen LogP contribution in [-0.2, 0) is 6.54 Å². The highest BCUT2D eigenvalue weighted by Gasteiger charge is 2.01. The predicted octanol–water partition coefficient (Wildman–Crippen LogP) is 1.46. The van der Waals surface area contributed by atoms with Crippen molar-refractivity contribution in [2.75, 3.05) is 5.73 Å². The highest BCUT2D eigenvalue weighted by atomic mass is 35.5. The molecule has 2 rings (SSSR count). The third-order valence-corrected chi connectivity index (χ3v) is 2.27. The van der Waals surface area contributed by atoms with Gasteiger partial charge in [-0.1, -0.05) is 23.7 Å². The number of aromatic amines is 1. The van der Waals surface area contributed by atoms with Gasteiger partial charge in [-0.3, -0.25) is 9.89 Å². The summed E-state index contributed by atoms with van der Waals surface area (Å²) in [5.74, 6) is 0.363. The number of hydrogen-bond donors (Lipinski definition) is 2. The topological polar surface area (TPSA) is 63.8 Å². The van der Waals surface area contributed by atoms with Gasteiger partial charge in [-0.25, -0.2) is 4.68 Å². The highest BCUT2D eigenvalue weighted by Crippen LogP contribution is 2.11. The number of H-pyrrole nitrogens is 1. The van der Waals surface area contributed by atoms with E-state index in [0.29, 0.717) is 17.4 Å². The number of halogens is 1. The van der Waals surface area contributed by atoms with Crippen LogP contribution in [-0.4, -0.2) is 9.78 Å². The van der Waals surface area contributed by atoms with Crippen LogP contribution >= 0.6 is 11.6 Å². The Morgan fingerprint density at radius 2 is 2.20 bits per heavy atom. The second-order valence-corrected chi connectivity index (χ2v) is 3.70. The first-order valence-corrected chi connectivity index (χ1v) is 4.83. The first kappa shape index (κ1) is 9.86. The van der Waals surface area contributed by atoms with Crippen molar-refractivity contribution in [1.29, 1.82) is 0 Å². The van der Waals surface area contributed by atoms with E-state index in [1.54, 1.807) is 6.07 Å². The lowest BCUT2D eigenvalue weighted by Crippen LogP contribution is -2.16. The maximum absolute atomic E-state index is 11.3. The van der Waals surface area contributed by atoms with Crippen molar-refractivity contribution in [3.05, 3.63) is 51.3 Å². The molecule has 0 saturated heterocycles. The Bertz CT molecular complexity index is 529. The van der Waals surface area contributed by atoms with Gasteiger partial charge in [0.2, 0.25) is 0 Å². The summed E-state index contributed by atoms with van der Waals surface area (Å²) >= 11 is 5.83. The average molecular weight is 224 g/mol. The van der Waals surface area contributed by atoms with Gasteiger partial charge in [0.05, 0.1) is 6.54 Å².